The van der Waals surface area contributed by atoms with Crippen LogP contribution in [-0.4, -0.2) is 38.1 Å². The molecule has 3 nitrogen and oxygen atoms in total. The van der Waals surface area contributed by atoms with Crippen LogP contribution < -0.4 is 5.11 Å². The molecule has 0 aromatic rings. The van der Waals surface area contributed by atoms with E-state index in [1.54, 1.807) is 0 Å². The summed E-state index contributed by atoms with van der Waals surface area (Å²) in [7, 11) is 6.88. The minimum atomic E-state index is -0.910. The predicted octanol–water partition coefficient (Wildman–Crippen LogP) is 9.08. The lowest BCUT2D eigenvalue weighted by atomic mass is 10.0. The molecule has 0 aliphatic carbocycles. The first-order chi connectivity index (χ1) is 16.7. The van der Waals surface area contributed by atoms with Crippen LogP contribution in [0.3, 0.4) is 0 Å². The Labute approximate surface area is 222 Å². The first-order valence-corrected chi connectivity index (χ1v) is 15.7. The molecule has 0 unspecified atom stereocenters. The van der Waals surface area contributed by atoms with Crippen molar-refractivity contribution in [2.24, 2.45) is 5.92 Å². The zero-order valence-corrected chi connectivity index (χ0v) is 25.3. The van der Waals surface area contributed by atoms with Crippen molar-refractivity contribution in [1.82, 2.24) is 0 Å². The molecule has 0 saturated heterocycles. The van der Waals surface area contributed by atoms with Gasteiger partial charge in [-0.05, 0) is 31.6 Å². The number of unbranched alkanes of at least 4 members (excludes halogenated alkanes) is 19. The third kappa shape index (κ3) is 40.9. The van der Waals surface area contributed by atoms with Crippen LogP contribution >= 0.6 is 0 Å². The van der Waals surface area contributed by atoms with E-state index < -0.39 is 5.97 Å². The summed E-state index contributed by atoms with van der Waals surface area (Å²) in [5, 5.41) is 10.1. The Morgan fingerprint density at radius 3 is 1.26 bits per heavy atom. The molecule has 0 N–H and O–H groups in total. The van der Waals surface area contributed by atoms with E-state index in [9.17, 15) is 9.90 Å². The van der Waals surface area contributed by atoms with Crippen LogP contribution in [0.5, 0.6) is 0 Å². The summed E-state index contributed by atoms with van der Waals surface area (Å²) in [6, 6.07) is 0. The molecular weight excluding hydrogens is 430 g/mol. The predicted molar refractivity (Wildman–Crippen MR) is 155 cm³/mol. The van der Waals surface area contributed by atoms with E-state index in [0.717, 1.165) is 23.2 Å². The highest BCUT2D eigenvalue weighted by Gasteiger charge is 2.05. The zero-order valence-electron chi connectivity index (χ0n) is 25.3. The second-order valence-corrected chi connectivity index (χ2v) is 12.4. The quantitative estimate of drug-likeness (QED) is 0.0931. The second kappa shape index (κ2) is 28.0. The molecule has 0 fully saturated rings. The van der Waals surface area contributed by atoms with Gasteiger partial charge in [-0.15, -0.1) is 0 Å². The fourth-order valence-electron chi connectivity index (χ4n) is 4.49. The Bertz CT molecular complexity index is 414. The van der Waals surface area contributed by atoms with Gasteiger partial charge in [0.05, 0.1) is 27.7 Å². The monoisotopic (exact) mass is 498 g/mol. The average Bonchev–Trinajstić information content (AvgIpc) is 2.77. The Morgan fingerprint density at radius 2 is 0.914 bits per heavy atom. The van der Waals surface area contributed by atoms with Crippen molar-refractivity contribution in [1.29, 1.82) is 0 Å². The molecule has 0 bridgehead atoms. The molecule has 3 heteroatoms. The van der Waals surface area contributed by atoms with Crippen LogP contribution in [-0.2, 0) is 4.79 Å². The summed E-state index contributed by atoms with van der Waals surface area (Å²) in [6.45, 7) is 8.15. The standard InChI is InChI=1S/C19H42N.C13H26O2/c1-5-6-7-8-9-10-11-12-13-14-15-16-17-18-19-20(2,3)4;1-12(2)10-8-6-4-3-5-7-9-11-13(14)15/h5-19H2,1-4H3;12H,3-11H2,1-2H3,(H,14,15)/q+1;/p-1. The summed E-state index contributed by atoms with van der Waals surface area (Å²) < 4.78 is 1.12. The second-order valence-electron chi connectivity index (χ2n) is 12.4. The van der Waals surface area contributed by atoms with Crippen molar-refractivity contribution in [3.63, 3.8) is 0 Å². The molecule has 0 aromatic heterocycles. The molecule has 0 aromatic carbocycles. The number of hydrogen-bond donors (Lipinski definition) is 0. The van der Waals surface area contributed by atoms with Crippen molar-refractivity contribution in [3.05, 3.63) is 0 Å². The third-order valence-electron chi connectivity index (χ3n) is 6.84. The third-order valence-corrected chi connectivity index (χ3v) is 6.84. The van der Waals surface area contributed by atoms with Crippen molar-refractivity contribution in [2.45, 2.75) is 168 Å². The number of aliphatic carboxylic acids is 1. The lowest BCUT2D eigenvalue weighted by Gasteiger charge is -2.23. The van der Waals surface area contributed by atoms with Gasteiger partial charge in [-0.3, -0.25) is 0 Å². The normalized spacial score (nSPS) is 11.5. The Kier molecular flexibility index (Phi) is 29.3. The smallest absolute Gasteiger partial charge is 0.0780 e. The lowest BCUT2D eigenvalue weighted by molar-refractivity contribution is -0.870. The van der Waals surface area contributed by atoms with E-state index in [4.69, 9.17) is 0 Å². The van der Waals surface area contributed by atoms with Gasteiger partial charge in [0.1, 0.15) is 0 Å². The van der Waals surface area contributed by atoms with Crippen molar-refractivity contribution in [2.75, 3.05) is 27.7 Å². The fourth-order valence-corrected chi connectivity index (χ4v) is 4.49. The summed E-state index contributed by atoms with van der Waals surface area (Å²) in [5.41, 5.74) is 0. The molecule has 212 valence electrons. The number of carbonyl (C=O) groups excluding carboxylic acids is 1. The molecule has 0 amide bonds. The highest BCUT2D eigenvalue weighted by molar-refractivity contribution is 5.63. The van der Waals surface area contributed by atoms with Crippen molar-refractivity contribution >= 4 is 5.97 Å². The SMILES string of the molecule is CC(C)CCCCCCCCCC(=O)[O-].CCCCCCCCCCCCCCCC[N+](C)(C)C. The average molecular weight is 498 g/mol. The van der Waals surface area contributed by atoms with Crippen LogP contribution in [0.4, 0.5) is 0 Å². The highest BCUT2D eigenvalue weighted by atomic mass is 16.4. The first kappa shape index (κ1) is 36.6. The first-order valence-electron chi connectivity index (χ1n) is 15.7. The fraction of sp³-hybridized carbons (Fsp3) is 0.969. The molecule has 0 aliphatic heterocycles. The largest absolute Gasteiger partial charge is 0.550 e. The van der Waals surface area contributed by atoms with Crippen molar-refractivity contribution in [3.8, 4) is 0 Å². The van der Waals surface area contributed by atoms with Crippen LogP contribution in [0.1, 0.15) is 168 Å². The molecule has 0 atom stereocenters. The topological polar surface area (TPSA) is 40.1 Å². The maximum atomic E-state index is 10.1. The maximum Gasteiger partial charge on any atom is 0.0780 e. The Balaban J connectivity index is 0. The van der Waals surface area contributed by atoms with Gasteiger partial charge in [0.2, 0.25) is 0 Å². The van der Waals surface area contributed by atoms with Crippen LogP contribution in [0, 0.1) is 5.92 Å². The minimum Gasteiger partial charge on any atom is -0.550 e. The molecule has 0 aliphatic rings. The Hall–Kier alpha value is -0.570. The van der Waals surface area contributed by atoms with Gasteiger partial charge in [-0.2, -0.15) is 0 Å². The molecule has 0 rings (SSSR count). The molecule has 0 heterocycles. The van der Waals surface area contributed by atoms with Gasteiger partial charge in [0.15, 0.2) is 0 Å². The lowest BCUT2D eigenvalue weighted by Crippen LogP contribution is -2.35. The molecule has 35 heavy (non-hydrogen) atoms. The number of hydrogen-bond acceptors (Lipinski definition) is 2. The van der Waals surface area contributed by atoms with Gasteiger partial charge in [-0.25, -0.2) is 0 Å². The zero-order chi connectivity index (χ0) is 26.6. The molecule has 0 radical (unpaired) electrons. The van der Waals surface area contributed by atoms with E-state index >= 15 is 0 Å². The minimum absolute atomic E-state index is 0.230. The van der Waals surface area contributed by atoms with Gasteiger partial charge < -0.3 is 14.4 Å². The molecule has 0 spiro atoms. The molecular formula is C32H67NO2. The van der Waals surface area contributed by atoms with Gasteiger partial charge in [0, 0.05) is 5.97 Å². The maximum absolute atomic E-state index is 10.1. The van der Waals surface area contributed by atoms with Crippen molar-refractivity contribution < 1.29 is 14.4 Å². The van der Waals surface area contributed by atoms with E-state index in [-0.39, 0.29) is 6.42 Å². The number of carbonyl (C=O) groups is 1. The highest BCUT2D eigenvalue weighted by Crippen LogP contribution is 2.14. The summed E-state index contributed by atoms with van der Waals surface area (Å²) >= 11 is 0. The Morgan fingerprint density at radius 1 is 0.571 bits per heavy atom. The van der Waals surface area contributed by atoms with Crippen LogP contribution in [0.2, 0.25) is 0 Å². The van der Waals surface area contributed by atoms with E-state index in [2.05, 4.69) is 41.9 Å². The number of carboxylic acid groups (broad SMARTS) is 1. The number of rotatable bonds is 25. The molecule has 0 saturated carbocycles. The van der Waals surface area contributed by atoms with Gasteiger partial charge in [-0.1, -0.05) is 143 Å². The van der Waals surface area contributed by atoms with Crippen LogP contribution in [0.15, 0.2) is 0 Å². The number of nitrogens with zero attached hydrogens (tertiary/aromatic N) is 1. The number of quaternary nitrogens is 1. The summed E-state index contributed by atoms with van der Waals surface area (Å²) in [5.74, 6) is -0.0833. The van der Waals surface area contributed by atoms with E-state index in [1.165, 1.54) is 135 Å². The summed E-state index contributed by atoms with van der Waals surface area (Å²) in [4.78, 5) is 10.1. The van der Waals surface area contributed by atoms with Gasteiger partial charge >= 0.3 is 0 Å². The number of carboxylic acids is 1. The van der Waals surface area contributed by atoms with E-state index in [0.29, 0.717) is 0 Å². The van der Waals surface area contributed by atoms with E-state index in [1.807, 2.05) is 0 Å². The summed E-state index contributed by atoms with van der Waals surface area (Å²) in [6.07, 6.45) is 30.2. The van der Waals surface area contributed by atoms with Gasteiger partial charge in [0.25, 0.3) is 0 Å². The van der Waals surface area contributed by atoms with Crippen LogP contribution in [0.25, 0.3) is 0 Å².